The second-order valence-corrected chi connectivity index (χ2v) is 2.82. The predicted octanol–water partition coefficient (Wildman–Crippen LogP) is 0.742. The maximum Gasteiger partial charge on any atom is 0.163 e. The zero-order chi connectivity index (χ0) is 6.97. The fraction of sp³-hybridized carbons (Fsp3) is 1.00. The number of ether oxygens (including phenoxy) is 3. The third-order valence-electron chi connectivity index (χ3n) is 2.20. The van der Waals surface area contributed by atoms with Crippen molar-refractivity contribution < 1.29 is 14.2 Å². The van der Waals surface area contributed by atoms with Crippen molar-refractivity contribution in [1.82, 2.24) is 0 Å². The van der Waals surface area contributed by atoms with Crippen molar-refractivity contribution in [3.8, 4) is 0 Å². The lowest BCUT2D eigenvalue weighted by molar-refractivity contribution is -0.187. The van der Waals surface area contributed by atoms with Gasteiger partial charge >= 0.3 is 0 Å². The molecule has 3 heteroatoms. The minimum absolute atomic E-state index is 0.0182. The summed E-state index contributed by atoms with van der Waals surface area (Å²) in [7, 11) is 1.67. The Morgan fingerprint density at radius 2 is 2.40 bits per heavy atom. The first kappa shape index (κ1) is 6.58. The van der Waals surface area contributed by atoms with E-state index in [0.29, 0.717) is 5.92 Å². The van der Waals surface area contributed by atoms with E-state index < -0.39 is 0 Å². The summed E-state index contributed by atoms with van der Waals surface area (Å²) >= 11 is 0. The van der Waals surface area contributed by atoms with Gasteiger partial charge in [0.15, 0.2) is 12.6 Å². The summed E-state index contributed by atoms with van der Waals surface area (Å²) in [4.78, 5) is 0. The monoisotopic (exact) mass is 144 g/mol. The van der Waals surface area contributed by atoms with Crippen LogP contribution < -0.4 is 0 Å². The first-order valence-corrected chi connectivity index (χ1v) is 3.70. The van der Waals surface area contributed by atoms with Gasteiger partial charge in [0, 0.05) is 19.4 Å². The molecule has 2 rings (SSSR count). The molecule has 2 aliphatic heterocycles. The van der Waals surface area contributed by atoms with Crippen LogP contribution in [0.3, 0.4) is 0 Å². The van der Waals surface area contributed by atoms with Crippen molar-refractivity contribution in [3.05, 3.63) is 0 Å². The van der Waals surface area contributed by atoms with Crippen LogP contribution in [0.5, 0.6) is 0 Å². The molecule has 0 spiro atoms. The molecule has 3 unspecified atom stereocenters. The number of fused-ring (bicyclic) bond motifs is 1. The molecule has 0 amide bonds. The van der Waals surface area contributed by atoms with Crippen LogP contribution in [0.15, 0.2) is 0 Å². The average molecular weight is 144 g/mol. The molecule has 58 valence electrons. The molecule has 0 saturated carbocycles. The standard InChI is InChI=1S/C7H12O3/c1-8-6-4-5-2-3-9-7(5)10-6/h5-7H,2-4H2,1H3. The van der Waals surface area contributed by atoms with Crippen molar-refractivity contribution in [1.29, 1.82) is 0 Å². The molecule has 0 bridgehead atoms. The fourth-order valence-electron chi connectivity index (χ4n) is 1.59. The second-order valence-electron chi connectivity index (χ2n) is 2.82. The molecular formula is C7H12O3. The highest BCUT2D eigenvalue weighted by atomic mass is 16.8. The van der Waals surface area contributed by atoms with Gasteiger partial charge < -0.3 is 14.2 Å². The second kappa shape index (κ2) is 2.49. The molecular weight excluding hydrogens is 132 g/mol. The summed E-state index contributed by atoms with van der Waals surface area (Å²) < 4.78 is 15.7. The van der Waals surface area contributed by atoms with Gasteiger partial charge in [-0.3, -0.25) is 0 Å². The molecule has 2 fully saturated rings. The SMILES string of the molecule is COC1CC2CCOC2O1. The van der Waals surface area contributed by atoms with Crippen LogP contribution >= 0.6 is 0 Å². The van der Waals surface area contributed by atoms with E-state index in [-0.39, 0.29) is 12.6 Å². The molecule has 0 aromatic carbocycles. The summed E-state index contributed by atoms with van der Waals surface area (Å²) in [6, 6.07) is 0. The maximum absolute atomic E-state index is 5.39. The molecule has 2 saturated heterocycles. The van der Waals surface area contributed by atoms with Crippen molar-refractivity contribution in [2.24, 2.45) is 5.92 Å². The van der Waals surface area contributed by atoms with E-state index in [9.17, 15) is 0 Å². The summed E-state index contributed by atoms with van der Waals surface area (Å²) in [6.07, 6.45) is 2.14. The number of rotatable bonds is 1. The van der Waals surface area contributed by atoms with Crippen molar-refractivity contribution in [3.63, 3.8) is 0 Å². The molecule has 0 aromatic rings. The van der Waals surface area contributed by atoms with Gasteiger partial charge in [-0.2, -0.15) is 0 Å². The van der Waals surface area contributed by atoms with Crippen LogP contribution in [0, 0.1) is 5.92 Å². The molecule has 3 atom stereocenters. The Morgan fingerprint density at radius 3 is 3.10 bits per heavy atom. The molecule has 0 aliphatic carbocycles. The highest BCUT2D eigenvalue weighted by Crippen LogP contribution is 2.34. The van der Waals surface area contributed by atoms with Gasteiger partial charge in [0.1, 0.15) is 0 Å². The Morgan fingerprint density at radius 1 is 1.50 bits per heavy atom. The van der Waals surface area contributed by atoms with E-state index in [1.807, 2.05) is 0 Å². The first-order valence-electron chi connectivity index (χ1n) is 3.70. The number of hydrogen-bond acceptors (Lipinski definition) is 3. The molecule has 0 radical (unpaired) electrons. The summed E-state index contributed by atoms with van der Waals surface area (Å²) in [6.45, 7) is 0.853. The topological polar surface area (TPSA) is 27.7 Å². The van der Waals surface area contributed by atoms with Crippen LogP contribution in [0.1, 0.15) is 12.8 Å². The van der Waals surface area contributed by atoms with E-state index in [2.05, 4.69) is 0 Å². The fourth-order valence-corrected chi connectivity index (χ4v) is 1.59. The van der Waals surface area contributed by atoms with Crippen LogP contribution in [-0.4, -0.2) is 26.3 Å². The summed E-state index contributed by atoms with van der Waals surface area (Å²) in [5.41, 5.74) is 0. The van der Waals surface area contributed by atoms with Crippen molar-refractivity contribution in [2.75, 3.05) is 13.7 Å². The van der Waals surface area contributed by atoms with Gasteiger partial charge in [0.2, 0.25) is 0 Å². The third kappa shape index (κ3) is 0.944. The molecule has 2 aliphatic rings. The molecule has 0 N–H and O–H groups in total. The number of methoxy groups -OCH3 is 1. The van der Waals surface area contributed by atoms with Gasteiger partial charge in [0.25, 0.3) is 0 Å². The smallest absolute Gasteiger partial charge is 0.163 e. The van der Waals surface area contributed by atoms with Gasteiger partial charge in [-0.25, -0.2) is 0 Å². The summed E-state index contributed by atoms with van der Waals surface area (Å²) in [5.74, 6) is 0.588. The van der Waals surface area contributed by atoms with Crippen LogP contribution in [0.2, 0.25) is 0 Å². The number of hydrogen-bond donors (Lipinski definition) is 0. The van der Waals surface area contributed by atoms with E-state index >= 15 is 0 Å². The molecule has 2 heterocycles. The van der Waals surface area contributed by atoms with Crippen LogP contribution in [-0.2, 0) is 14.2 Å². The van der Waals surface area contributed by atoms with Gasteiger partial charge in [-0.15, -0.1) is 0 Å². The van der Waals surface area contributed by atoms with E-state index in [1.54, 1.807) is 7.11 Å². The van der Waals surface area contributed by atoms with Gasteiger partial charge in [0.05, 0.1) is 6.61 Å². The van der Waals surface area contributed by atoms with Gasteiger partial charge in [-0.05, 0) is 6.42 Å². The van der Waals surface area contributed by atoms with Crippen LogP contribution in [0.4, 0.5) is 0 Å². The highest BCUT2D eigenvalue weighted by molar-refractivity contribution is 4.76. The Bertz CT molecular complexity index is 114. The largest absolute Gasteiger partial charge is 0.356 e. The minimum atomic E-state index is -0.0182. The Kier molecular flexibility index (Phi) is 1.64. The van der Waals surface area contributed by atoms with E-state index in [0.717, 1.165) is 19.4 Å². The summed E-state index contributed by atoms with van der Waals surface area (Å²) in [5, 5.41) is 0. The van der Waals surface area contributed by atoms with Crippen molar-refractivity contribution in [2.45, 2.75) is 25.4 Å². The lowest BCUT2D eigenvalue weighted by atomic mass is 10.1. The van der Waals surface area contributed by atoms with E-state index in [1.165, 1.54) is 0 Å². The Hall–Kier alpha value is -0.120. The zero-order valence-electron chi connectivity index (χ0n) is 6.08. The van der Waals surface area contributed by atoms with Gasteiger partial charge in [-0.1, -0.05) is 0 Å². The molecule has 0 aromatic heterocycles. The third-order valence-corrected chi connectivity index (χ3v) is 2.20. The normalized spacial score (nSPS) is 45.9. The quantitative estimate of drug-likeness (QED) is 0.543. The van der Waals surface area contributed by atoms with Crippen molar-refractivity contribution >= 4 is 0 Å². The van der Waals surface area contributed by atoms with Crippen LogP contribution in [0.25, 0.3) is 0 Å². The van der Waals surface area contributed by atoms with E-state index in [4.69, 9.17) is 14.2 Å². The molecule has 3 nitrogen and oxygen atoms in total. The predicted molar refractivity (Wildman–Crippen MR) is 34.3 cm³/mol. The Balaban J connectivity index is 1.94. The average Bonchev–Trinajstić information content (AvgIpc) is 2.42. The first-order chi connectivity index (χ1) is 4.90. The highest BCUT2D eigenvalue weighted by Gasteiger charge is 2.39. The Labute approximate surface area is 60.3 Å². The maximum atomic E-state index is 5.39. The minimum Gasteiger partial charge on any atom is -0.356 e. The zero-order valence-corrected chi connectivity index (χ0v) is 6.08. The lowest BCUT2D eigenvalue weighted by Gasteiger charge is -2.09. The lowest BCUT2D eigenvalue weighted by Crippen LogP contribution is -2.13. The molecule has 10 heavy (non-hydrogen) atoms.